The second-order valence-electron chi connectivity index (χ2n) is 6.44. The Balaban J connectivity index is 1.38. The van der Waals surface area contributed by atoms with Crippen LogP contribution in [0.25, 0.3) is 0 Å². The zero-order valence-corrected chi connectivity index (χ0v) is 12.7. The normalized spacial score (nSPS) is 29.2. The third kappa shape index (κ3) is 2.65. The number of hydrogen-bond donors (Lipinski definition) is 1. The van der Waals surface area contributed by atoms with E-state index in [0.717, 1.165) is 18.2 Å². The van der Waals surface area contributed by atoms with Crippen LogP contribution in [0.15, 0.2) is 18.2 Å². The highest BCUT2D eigenvalue weighted by molar-refractivity contribution is 5.94. The van der Waals surface area contributed by atoms with E-state index in [9.17, 15) is 4.79 Å². The number of amides is 1. The first-order chi connectivity index (χ1) is 10.8. The molecule has 0 radical (unpaired) electrons. The first-order valence-electron chi connectivity index (χ1n) is 8.21. The molecular formula is C17H22N2O3. The first kappa shape index (κ1) is 13.9. The summed E-state index contributed by atoms with van der Waals surface area (Å²) in [5, 5.41) is 3.08. The lowest BCUT2D eigenvalue weighted by molar-refractivity contribution is 0.0481. The van der Waals surface area contributed by atoms with Crippen molar-refractivity contribution in [2.75, 3.05) is 32.8 Å². The van der Waals surface area contributed by atoms with Crippen LogP contribution in [0, 0.1) is 5.92 Å². The predicted molar refractivity (Wildman–Crippen MR) is 82.5 cm³/mol. The standard InChI is InChI=1S/C17H22N2O3/c20-17(13-1-2-15-16(10-13)22-8-7-21-15)18-11-14-9-12-3-5-19(14)6-4-12/h1-2,10,12,14H,3-9,11H2,(H,18,20). The van der Waals surface area contributed by atoms with E-state index < -0.39 is 0 Å². The van der Waals surface area contributed by atoms with Crippen molar-refractivity contribution < 1.29 is 14.3 Å². The van der Waals surface area contributed by atoms with Gasteiger partial charge >= 0.3 is 0 Å². The minimum atomic E-state index is -0.0281. The van der Waals surface area contributed by atoms with Crippen LogP contribution >= 0.6 is 0 Å². The number of hydrogen-bond acceptors (Lipinski definition) is 4. The Morgan fingerprint density at radius 2 is 1.95 bits per heavy atom. The molecule has 2 bridgehead atoms. The average molecular weight is 302 g/mol. The van der Waals surface area contributed by atoms with Crippen LogP contribution in [0.2, 0.25) is 0 Å². The van der Waals surface area contributed by atoms with E-state index in [1.165, 1.54) is 32.4 Å². The Kier molecular flexibility index (Phi) is 3.66. The molecule has 5 heteroatoms. The molecule has 0 spiro atoms. The van der Waals surface area contributed by atoms with E-state index in [1.54, 1.807) is 12.1 Å². The fraction of sp³-hybridized carbons (Fsp3) is 0.588. The van der Waals surface area contributed by atoms with E-state index in [0.29, 0.717) is 30.6 Å². The van der Waals surface area contributed by atoms with Crippen molar-refractivity contribution in [3.05, 3.63) is 23.8 Å². The molecule has 3 fully saturated rings. The molecule has 1 N–H and O–H groups in total. The molecule has 4 aliphatic rings. The topological polar surface area (TPSA) is 50.8 Å². The van der Waals surface area contributed by atoms with Crippen LogP contribution in [0.1, 0.15) is 29.6 Å². The molecule has 1 amide bonds. The monoisotopic (exact) mass is 302 g/mol. The number of ether oxygens (including phenoxy) is 2. The summed E-state index contributed by atoms with van der Waals surface area (Å²) in [6, 6.07) is 5.90. The number of carbonyl (C=O) groups excluding carboxylic acids is 1. The van der Waals surface area contributed by atoms with Crippen molar-refractivity contribution in [3.63, 3.8) is 0 Å². The van der Waals surface area contributed by atoms with Crippen molar-refractivity contribution in [1.29, 1.82) is 0 Å². The number of nitrogens with zero attached hydrogens (tertiary/aromatic N) is 1. The molecule has 4 heterocycles. The van der Waals surface area contributed by atoms with Crippen LogP contribution < -0.4 is 14.8 Å². The lowest BCUT2D eigenvalue weighted by atomic mass is 9.83. The maximum atomic E-state index is 12.4. The molecule has 1 aromatic carbocycles. The summed E-state index contributed by atoms with van der Waals surface area (Å²) in [6.45, 7) is 4.22. The van der Waals surface area contributed by atoms with Crippen molar-refractivity contribution in [1.82, 2.24) is 10.2 Å². The third-order valence-electron chi connectivity index (χ3n) is 5.07. The smallest absolute Gasteiger partial charge is 0.251 e. The molecule has 0 saturated carbocycles. The van der Waals surface area contributed by atoms with Gasteiger partial charge in [-0.05, 0) is 56.5 Å². The minimum absolute atomic E-state index is 0.0281. The number of fused-ring (bicyclic) bond motifs is 4. The lowest BCUT2D eigenvalue weighted by Crippen LogP contribution is -2.53. The summed E-state index contributed by atoms with van der Waals surface area (Å²) in [5.41, 5.74) is 0.639. The van der Waals surface area contributed by atoms with E-state index in [1.807, 2.05) is 6.07 Å². The highest BCUT2D eigenvalue weighted by Crippen LogP contribution is 2.32. The van der Waals surface area contributed by atoms with Crippen molar-refractivity contribution in [3.8, 4) is 11.5 Å². The first-order valence-corrected chi connectivity index (χ1v) is 8.21. The molecule has 22 heavy (non-hydrogen) atoms. The highest BCUT2D eigenvalue weighted by atomic mass is 16.6. The van der Waals surface area contributed by atoms with E-state index in [4.69, 9.17) is 9.47 Å². The fourth-order valence-electron chi connectivity index (χ4n) is 3.80. The van der Waals surface area contributed by atoms with Crippen LogP contribution in [-0.4, -0.2) is 49.7 Å². The molecule has 5 rings (SSSR count). The van der Waals surface area contributed by atoms with Gasteiger partial charge in [-0.15, -0.1) is 0 Å². The number of piperidine rings is 3. The van der Waals surface area contributed by atoms with Crippen LogP contribution in [-0.2, 0) is 0 Å². The van der Waals surface area contributed by atoms with Gasteiger partial charge in [0.1, 0.15) is 13.2 Å². The molecule has 4 aliphatic heterocycles. The molecule has 1 aromatic rings. The number of benzene rings is 1. The Hall–Kier alpha value is -1.75. The lowest BCUT2D eigenvalue weighted by Gasteiger charge is -2.45. The second-order valence-corrected chi connectivity index (χ2v) is 6.44. The van der Waals surface area contributed by atoms with Crippen LogP contribution in [0.5, 0.6) is 11.5 Å². The molecule has 3 saturated heterocycles. The minimum Gasteiger partial charge on any atom is -0.486 e. The molecule has 0 aliphatic carbocycles. The van der Waals surface area contributed by atoms with Gasteiger partial charge < -0.3 is 14.8 Å². The number of rotatable bonds is 3. The molecule has 5 nitrogen and oxygen atoms in total. The maximum Gasteiger partial charge on any atom is 0.251 e. The van der Waals surface area contributed by atoms with Crippen LogP contribution in [0.4, 0.5) is 0 Å². The van der Waals surface area contributed by atoms with E-state index >= 15 is 0 Å². The van der Waals surface area contributed by atoms with Gasteiger partial charge in [0.25, 0.3) is 5.91 Å². The van der Waals surface area contributed by atoms with Gasteiger partial charge in [0, 0.05) is 18.2 Å². The second kappa shape index (κ2) is 5.80. The Bertz CT molecular complexity index is 567. The summed E-state index contributed by atoms with van der Waals surface area (Å²) in [7, 11) is 0. The van der Waals surface area contributed by atoms with Gasteiger partial charge in [-0.25, -0.2) is 0 Å². The molecule has 1 unspecified atom stereocenters. The molecule has 1 atom stereocenters. The summed E-state index contributed by atoms with van der Waals surface area (Å²) < 4.78 is 11.0. The maximum absolute atomic E-state index is 12.4. The zero-order chi connectivity index (χ0) is 14.9. The van der Waals surface area contributed by atoms with Gasteiger partial charge in [0.15, 0.2) is 11.5 Å². The van der Waals surface area contributed by atoms with Gasteiger partial charge in [-0.2, -0.15) is 0 Å². The quantitative estimate of drug-likeness (QED) is 0.923. The molecule has 0 aromatic heterocycles. The molecule has 118 valence electrons. The van der Waals surface area contributed by atoms with Crippen molar-refractivity contribution >= 4 is 5.91 Å². The SMILES string of the molecule is O=C(NCC1CC2CCN1CC2)c1ccc2c(c1)OCCO2. The average Bonchev–Trinajstić information content (AvgIpc) is 2.60. The summed E-state index contributed by atoms with van der Waals surface area (Å²) >= 11 is 0. The summed E-state index contributed by atoms with van der Waals surface area (Å²) in [5.74, 6) is 2.22. The Morgan fingerprint density at radius 3 is 2.68 bits per heavy atom. The van der Waals surface area contributed by atoms with Crippen molar-refractivity contribution in [2.45, 2.75) is 25.3 Å². The number of carbonyl (C=O) groups is 1. The zero-order valence-electron chi connectivity index (χ0n) is 12.7. The predicted octanol–water partition coefficient (Wildman–Crippen LogP) is 1.67. The fourth-order valence-corrected chi connectivity index (χ4v) is 3.80. The summed E-state index contributed by atoms with van der Waals surface area (Å²) in [4.78, 5) is 14.9. The van der Waals surface area contributed by atoms with E-state index in [2.05, 4.69) is 10.2 Å². The van der Waals surface area contributed by atoms with Gasteiger partial charge in [-0.3, -0.25) is 9.69 Å². The Labute approximate surface area is 130 Å². The van der Waals surface area contributed by atoms with Crippen LogP contribution in [0.3, 0.4) is 0 Å². The molecular weight excluding hydrogens is 280 g/mol. The van der Waals surface area contributed by atoms with Gasteiger partial charge in [-0.1, -0.05) is 0 Å². The highest BCUT2D eigenvalue weighted by Gasteiger charge is 2.33. The summed E-state index contributed by atoms with van der Waals surface area (Å²) in [6.07, 6.45) is 3.88. The van der Waals surface area contributed by atoms with E-state index in [-0.39, 0.29) is 5.91 Å². The van der Waals surface area contributed by atoms with Crippen molar-refractivity contribution in [2.24, 2.45) is 5.92 Å². The third-order valence-corrected chi connectivity index (χ3v) is 5.07. The number of nitrogens with one attached hydrogen (secondary N) is 1. The Morgan fingerprint density at radius 1 is 1.18 bits per heavy atom. The van der Waals surface area contributed by atoms with Gasteiger partial charge in [0.05, 0.1) is 0 Å². The van der Waals surface area contributed by atoms with Gasteiger partial charge in [0.2, 0.25) is 0 Å². The largest absolute Gasteiger partial charge is 0.486 e.